The fourth-order valence-corrected chi connectivity index (χ4v) is 4.10. The van der Waals surface area contributed by atoms with E-state index in [4.69, 9.17) is 4.74 Å². The number of hydrogen-bond acceptors (Lipinski definition) is 8. The Hall–Kier alpha value is -3.17. The van der Waals surface area contributed by atoms with Crippen LogP contribution in [0.3, 0.4) is 0 Å². The SMILES string of the molecule is COc1ncnc(SC)c1C(=O)Nc1nc(C(F)(F)F)c(-c2ccccc2C#N)s1. The molecule has 7 nitrogen and oxygen atoms in total. The molecule has 1 N–H and O–H groups in total. The minimum Gasteiger partial charge on any atom is -0.480 e. The highest BCUT2D eigenvalue weighted by molar-refractivity contribution is 7.98. The second-order valence-electron chi connectivity index (χ2n) is 5.57. The summed E-state index contributed by atoms with van der Waals surface area (Å²) in [5, 5.41) is 11.6. The van der Waals surface area contributed by atoms with Gasteiger partial charge in [0, 0.05) is 5.56 Å². The van der Waals surface area contributed by atoms with Crippen molar-refractivity contribution in [3.05, 3.63) is 47.4 Å². The first-order valence-electron chi connectivity index (χ1n) is 8.12. The first kappa shape index (κ1) is 21.5. The van der Waals surface area contributed by atoms with Gasteiger partial charge in [0.25, 0.3) is 5.91 Å². The first-order valence-corrected chi connectivity index (χ1v) is 10.2. The smallest absolute Gasteiger partial charge is 0.434 e. The van der Waals surface area contributed by atoms with Crippen LogP contribution in [-0.2, 0) is 6.18 Å². The zero-order valence-electron chi connectivity index (χ0n) is 15.4. The summed E-state index contributed by atoms with van der Waals surface area (Å²) < 4.78 is 45.8. The van der Waals surface area contributed by atoms with E-state index in [2.05, 4.69) is 20.3 Å². The predicted octanol–water partition coefficient (Wildman–Crippen LogP) is 4.47. The van der Waals surface area contributed by atoms with Crippen molar-refractivity contribution in [2.45, 2.75) is 11.2 Å². The number of anilines is 1. The number of carbonyl (C=O) groups is 1. The number of halogens is 3. The van der Waals surface area contributed by atoms with Gasteiger partial charge in [-0.1, -0.05) is 29.5 Å². The summed E-state index contributed by atoms with van der Waals surface area (Å²) in [6, 6.07) is 7.74. The van der Waals surface area contributed by atoms with E-state index in [1.54, 1.807) is 12.3 Å². The number of benzene rings is 1. The minimum absolute atomic E-state index is 0.0183. The molecule has 2 heterocycles. The van der Waals surface area contributed by atoms with Gasteiger partial charge in [0.05, 0.1) is 23.6 Å². The van der Waals surface area contributed by atoms with Crippen LogP contribution >= 0.6 is 23.1 Å². The van der Waals surface area contributed by atoms with Crippen LogP contribution in [0.15, 0.2) is 35.6 Å². The highest BCUT2D eigenvalue weighted by atomic mass is 32.2. The van der Waals surface area contributed by atoms with Gasteiger partial charge in [-0.3, -0.25) is 10.1 Å². The van der Waals surface area contributed by atoms with Crippen molar-refractivity contribution in [1.82, 2.24) is 15.0 Å². The quantitative estimate of drug-likeness (QED) is 0.451. The minimum atomic E-state index is -4.78. The van der Waals surface area contributed by atoms with Gasteiger partial charge in [-0.15, -0.1) is 11.8 Å². The maximum atomic E-state index is 13.6. The number of nitriles is 1. The van der Waals surface area contributed by atoms with E-state index >= 15 is 0 Å². The van der Waals surface area contributed by atoms with Gasteiger partial charge >= 0.3 is 6.18 Å². The molecule has 3 rings (SSSR count). The molecule has 0 saturated carbocycles. The van der Waals surface area contributed by atoms with Crippen LogP contribution in [0.1, 0.15) is 21.6 Å². The number of amides is 1. The summed E-state index contributed by atoms with van der Waals surface area (Å²) in [6.45, 7) is 0. The number of nitrogens with zero attached hydrogens (tertiary/aromatic N) is 4. The molecule has 0 atom stereocenters. The predicted molar refractivity (Wildman–Crippen MR) is 106 cm³/mol. The number of nitrogens with one attached hydrogen (secondary N) is 1. The van der Waals surface area contributed by atoms with Gasteiger partial charge in [-0.2, -0.15) is 18.4 Å². The van der Waals surface area contributed by atoms with E-state index < -0.39 is 17.8 Å². The molecule has 0 aliphatic heterocycles. The van der Waals surface area contributed by atoms with E-state index in [0.29, 0.717) is 16.4 Å². The largest absolute Gasteiger partial charge is 0.480 e. The standard InChI is InChI=1S/C18H12F3N5O2S2/c1-28-15-11(16(29-2)24-8-23-15)14(27)26-17-25-13(18(19,20)21)12(30-17)10-6-4-3-5-9(10)7-22/h3-6,8H,1-2H3,(H,25,26,27). The highest BCUT2D eigenvalue weighted by Gasteiger charge is 2.39. The van der Waals surface area contributed by atoms with Crippen LogP contribution in [-0.4, -0.2) is 34.2 Å². The van der Waals surface area contributed by atoms with Crippen LogP contribution in [0.2, 0.25) is 0 Å². The number of carbonyl (C=O) groups excluding carboxylic acids is 1. The number of thioether (sulfide) groups is 1. The summed E-state index contributed by atoms with van der Waals surface area (Å²) >= 11 is 1.77. The summed E-state index contributed by atoms with van der Waals surface area (Å²) in [7, 11) is 1.31. The van der Waals surface area contributed by atoms with E-state index in [-0.39, 0.29) is 32.6 Å². The third-order valence-corrected chi connectivity index (χ3v) is 5.50. The number of methoxy groups -OCH3 is 1. The molecular formula is C18H12F3N5O2S2. The van der Waals surface area contributed by atoms with Crippen LogP contribution in [0, 0.1) is 11.3 Å². The maximum Gasteiger partial charge on any atom is 0.434 e. The molecule has 2 aromatic heterocycles. The van der Waals surface area contributed by atoms with Crippen molar-refractivity contribution in [2.75, 3.05) is 18.7 Å². The molecule has 0 bridgehead atoms. The molecule has 0 radical (unpaired) electrons. The Morgan fingerprint density at radius 1 is 1.30 bits per heavy atom. The lowest BCUT2D eigenvalue weighted by molar-refractivity contribution is -0.140. The number of ether oxygens (including phenoxy) is 1. The van der Waals surface area contributed by atoms with Crippen molar-refractivity contribution in [3.8, 4) is 22.4 Å². The Kier molecular flexibility index (Phi) is 6.23. The highest BCUT2D eigenvalue weighted by Crippen LogP contribution is 2.43. The lowest BCUT2D eigenvalue weighted by Crippen LogP contribution is -2.16. The molecule has 1 amide bonds. The van der Waals surface area contributed by atoms with E-state index in [1.165, 1.54) is 31.6 Å². The molecule has 0 aliphatic rings. The number of aromatic nitrogens is 3. The molecule has 154 valence electrons. The molecule has 0 aliphatic carbocycles. The van der Waals surface area contributed by atoms with E-state index in [0.717, 1.165) is 11.8 Å². The van der Waals surface area contributed by atoms with Crippen LogP contribution in [0.5, 0.6) is 5.88 Å². The number of hydrogen-bond donors (Lipinski definition) is 1. The fourth-order valence-electron chi connectivity index (χ4n) is 2.54. The lowest BCUT2D eigenvalue weighted by atomic mass is 10.1. The van der Waals surface area contributed by atoms with Crippen molar-refractivity contribution >= 4 is 34.1 Å². The molecule has 0 unspecified atom stereocenters. The molecular weight excluding hydrogens is 439 g/mol. The third-order valence-electron chi connectivity index (χ3n) is 3.80. The van der Waals surface area contributed by atoms with E-state index in [9.17, 15) is 23.2 Å². The zero-order valence-corrected chi connectivity index (χ0v) is 17.1. The van der Waals surface area contributed by atoms with Gasteiger partial charge in [0.15, 0.2) is 10.8 Å². The molecule has 0 saturated heterocycles. The van der Waals surface area contributed by atoms with Crippen LogP contribution < -0.4 is 10.1 Å². The zero-order chi connectivity index (χ0) is 21.9. The van der Waals surface area contributed by atoms with Crippen LogP contribution in [0.25, 0.3) is 10.4 Å². The van der Waals surface area contributed by atoms with Gasteiger partial charge < -0.3 is 4.74 Å². The third kappa shape index (κ3) is 4.22. The Morgan fingerprint density at radius 3 is 2.67 bits per heavy atom. The van der Waals surface area contributed by atoms with Gasteiger partial charge in [-0.05, 0) is 12.3 Å². The molecule has 3 aromatic rings. The fraction of sp³-hybridized carbons (Fsp3) is 0.167. The average molecular weight is 451 g/mol. The van der Waals surface area contributed by atoms with Crippen molar-refractivity contribution < 1.29 is 22.7 Å². The Morgan fingerprint density at radius 2 is 2.03 bits per heavy atom. The first-order chi connectivity index (χ1) is 14.3. The second-order valence-corrected chi connectivity index (χ2v) is 7.37. The van der Waals surface area contributed by atoms with Crippen molar-refractivity contribution in [2.24, 2.45) is 0 Å². The average Bonchev–Trinajstić information content (AvgIpc) is 3.17. The number of rotatable bonds is 5. The monoisotopic (exact) mass is 451 g/mol. The van der Waals surface area contributed by atoms with Crippen molar-refractivity contribution in [3.63, 3.8) is 0 Å². The van der Waals surface area contributed by atoms with E-state index in [1.807, 2.05) is 6.07 Å². The molecule has 0 fully saturated rings. The maximum absolute atomic E-state index is 13.6. The molecule has 0 spiro atoms. The lowest BCUT2D eigenvalue weighted by Gasteiger charge is -2.09. The Bertz CT molecular complexity index is 1120. The van der Waals surface area contributed by atoms with Crippen molar-refractivity contribution in [1.29, 1.82) is 5.26 Å². The summed E-state index contributed by atoms with van der Waals surface area (Å²) in [6.07, 6.45) is -1.89. The second kappa shape index (κ2) is 8.68. The van der Waals surface area contributed by atoms with Gasteiger partial charge in [0.1, 0.15) is 16.9 Å². The topological polar surface area (TPSA) is 101 Å². The Labute approximate surface area is 177 Å². The summed E-state index contributed by atoms with van der Waals surface area (Å²) in [5.41, 5.74) is -1.06. The number of thiazole rings is 1. The normalized spacial score (nSPS) is 11.1. The van der Waals surface area contributed by atoms with Gasteiger partial charge in [-0.25, -0.2) is 15.0 Å². The molecule has 30 heavy (non-hydrogen) atoms. The van der Waals surface area contributed by atoms with Gasteiger partial charge in [0.2, 0.25) is 5.88 Å². The van der Waals surface area contributed by atoms with Crippen LogP contribution in [0.4, 0.5) is 18.3 Å². The molecule has 12 heteroatoms. The summed E-state index contributed by atoms with van der Waals surface area (Å²) in [5.74, 6) is -0.783. The Balaban J connectivity index is 2.07. The summed E-state index contributed by atoms with van der Waals surface area (Å²) in [4.78, 5) is 23.9. The number of alkyl halides is 3. The molecule has 1 aromatic carbocycles.